The van der Waals surface area contributed by atoms with Gasteiger partial charge in [-0.2, -0.15) is 5.10 Å². The van der Waals surface area contributed by atoms with Gasteiger partial charge in [0.25, 0.3) is 5.91 Å². The van der Waals surface area contributed by atoms with Crippen LogP contribution in [0.5, 0.6) is 0 Å². The Kier molecular flexibility index (Phi) is 2.95. The van der Waals surface area contributed by atoms with Crippen molar-refractivity contribution in [3.8, 4) is 0 Å². The van der Waals surface area contributed by atoms with Crippen LogP contribution in [-0.4, -0.2) is 22.6 Å². The molecule has 0 aliphatic carbocycles. The van der Waals surface area contributed by atoms with E-state index in [1.807, 2.05) is 31.2 Å². The molecule has 0 bridgehead atoms. The monoisotopic (exact) mass is 256 g/mol. The van der Waals surface area contributed by atoms with Gasteiger partial charge in [0.05, 0.1) is 0 Å². The first kappa shape index (κ1) is 11.8. The number of H-pyrrole nitrogens is 1. The van der Waals surface area contributed by atoms with Gasteiger partial charge in [-0.1, -0.05) is 13.0 Å². The van der Waals surface area contributed by atoms with Crippen molar-refractivity contribution in [3.05, 3.63) is 41.1 Å². The maximum absolute atomic E-state index is 12.1. The van der Waals surface area contributed by atoms with Gasteiger partial charge in [-0.15, -0.1) is 0 Å². The third-order valence-electron chi connectivity index (χ3n) is 3.34. The van der Waals surface area contributed by atoms with Gasteiger partial charge in [0.2, 0.25) is 0 Å². The number of hydrogen-bond donors (Lipinski definition) is 3. The standard InChI is InChI=1S/C14H16N4O/c1-2-11-8-13(18-17-11)16-14(19)10-4-3-9-5-6-15-12(9)7-10/h3-4,7-8,15H,2,5-6H2,1H3,(H2,16,17,18,19). The predicted molar refractivity (Wildman–Crippen MR) is 74.6 cm³/mol. The molecule has 1 aromatic heterocycles. The first-order chi connectivity index (χ1) is 9.26. The lowest BCUT2D eigenvalue weighted by atomic mass is 10.1. The number of fused-ring (bicyclic) bond motifs is 1. The minimum absolute atomic E-state index is 0.134. The van der Waals surface area contributed by atoms with E-state index in [1.54, 1.807) is 0 Å². The molecule has 19 heavy (non-hydrogen) atoms. The van der Waals surface area contributed by atoms with Crippen LogP contribution in [0.3, 0.4) is 0 Å². The molecule has 1 aromatic carbocycles. The van der Waals surface area contributed by atoms with Gasteiger partial charge >= 0.3 is 0 Å². The highest BCUT2D eigenvalue weighted by Gasteiger charge is 2.14. The molecule has 1 amide bonds. The summed E-state index contributed by atoms with van der Waals surface area (Å²) in [6, 6.07) is 7.61. The summed E-state index contributed by atoms with van der Waals surface area (Å²) in [4.78, 5) is 12.1. The molecule has 3 rings (SSSR count). The van der Waals surface area contributed by atoms with Crippen LogP contribution < -0.4 is 10.6 Å². The van der Waals surface area contributed by atoms with E-state index in [4.69, 9.17) is 0 Å². The number of benzene rings is 1. The molecular formula is C14H16N4O. The summed E-state index contributed by atoms with van der Waals surface area (Å²) < 4.78 is 0. The van der Waals surface area contributed by atoms with Gasteiger partial charge in [-0.05, 0) is 30.5 Å². The van der Waals surface area contributed by atoms with Crippen LogP contribution in [0.25, 0.3) is 0 Å². The van der Waals surface area contributed by atoms with Crippen molar-refractivity contribution in [2.45, 2.75) is 19.8 Å². The number of hydrogen-bond acceptors (Lipinski definition) is 3. The van der Waals surface area contributed by atoms with Crippen LogP contribution in [0.4, 0.5) is 11.5 Å². The number of rotatable bonds is 3. The lowest BCUT2D eigenvalue weighted by molar-refractivity contribution is 0.102. The van der Waals surface area contributed by atoms with E-state index in [0.29, 0.717) is 11.4 Å². The van der Waals surface area contributed by atoms with E-state index >= 15 is 0 Å². The Bertz CT molecular complexity index is 618. The van der Waals surface area contributed by atoms with E-state index < -0.39 is 0 Å². The Morgan fingerprint density at radius 1 is 1.42 bits per heavy atom. The van der Waals surface area contributed by atoms with Crippen LogP contribution in [0.15, 0.2) is 24.3 Å². The maximum Gasteiger partial charge on any atom is 0.256 e. The van der Waals surface area contributed by atoms with E-state index in [0.717, 1.165) is 30.8 Å². The van der Waals surface area contributed by atoms with E-state index in [1.165, 1.54) is 5.56 Å². The van der Waals surface area contributed by atoms with Crippen molar-refractivity contribution in [3.63, 3.8) is 0 Å². The van der Waals surface area contributed by atoms with Crippen molar-refractivity contribution in [1.29, 1.82) is 0 Å². The molecule has 5 heteroatoms. The Hall–Kier alpha value is -2.30. The van der Waals surface area contributed by atoms with Crippen LogP contribution in [-0.2, 0) is 12.8 Å². The largest absolute Gasteiger partial charge is 0.384 e. The Balaban J connectivity index is 1.76. The van der Waals surface area contributed by atoms with Crippen molar-refractivity contribution in [2.75, 3.05) is 17.2 Å². The highest BCUT2D eigenvalue weighted by atomic mass is 16.1. The van der Waals surface area contributed by atoms with Gasteiger partial charge in [-0.25, -0.2) is 0 Å². The second kappa shape index (κ2) is 4.76. The second-order valence-electron chi connectivity index (χ2n) is 4.63. The zero-order chi connectivity index (χ0) is 13.2. The van der Waals surface area contributed by atoms with E-state index in [-0.39, 0.29) is 5.91 Å². The van der Waals surface area contributed by atoms with Crippen LogP contribution in [0, 0.1) is 0 Å². The molecular weight excluding hydrogens is 240 g/mol. The fourth-order valence-corrected chi connectivity index (χ4v) is 2.23. The van der Waals surface area contributed by atoms with Crippen LogP contribution in [0.1, 0.15) is 28.5 Å². The molecule has 2 aromatic rings. The third-order valence-corrected chi connectivity index (χ3v) is 3.34. The van der Waals surface area contributed by atoms with E-state index in [2.05, 4.69) is 20.8 Å². The number of aromatic nitrogens is 2. The Morgan fingerprint density at radius 3 is 3.11 bits per heavy atom. The number of aryl methyl sites for hydroxylation is 1. The number of carbonyl (C=O) groups excluding carboxylic acids is 1. The molecule has 2 heterocycles. The van der Waals surface area contributed by atoms with Gasteiger partial charge < -0.3 is 10.6 Å². The molecule has 98 valence electrons. The molecule has 0 saturated heterocycles. The summed E-state index contributed by atoms with van der Waals surface area (Å²) in [5.74, 6) is 0.431. The van der Waals surface area contributed by atoms with Gasteiger partial charge in [-0.3, -0.25) is 9.89 Å². The van der Waals surface area contributed by atoms with Gasteiger partial charge in [0.15, 0.2) is 5.82 Å². The maximum atomic E-state index is 12.1. The molecule has 0 spiro atoms. The minimum Gasteiger partial charge on any atom is -0.384 e. The number of anilines is 2. The minimum atomic E-state index is -0.134. The number of nitrogens with zero attached hydrogens (tertiary/aromatic N) is 1. The molecule has 0 unspecified atom stereocenters. The average Bonchev–Trinajstić information content (AvgIpc) is 3.05. The number of carbonyl (C=O) groups is 1. The second-order valence-corrected chi connectivity index (χ2v) is 4.63. The molecule has 1 aliphatic heterocycles. The Labute approximate surface area is 111 Å². The number of aromatic amines is 1. The van der Waals surface area contributed by atoms with Gasteiger partial charge in [0.1, 0.15) is 0 Å². The first-order valence-electron chi connectivity index (χ1n) is 6.48. The predicted octanol–water partition coefficient (Wildman–Crippen LogP) is 2.19. The van der Waals surface area contributed by atoms with Crippen molar-refractivity contribution >= 4 is 17.4 Å². The van der Waals surface area contributed by atoms with Crippen molar-refractivity contribution in [1.82, 2.24) is 10.2 Å². The Morgan fingerprint density at radius 2 is 2.32 bits per heavy atom. The highest BCUT2D eigenvalue weighted by Crippen LogP contribution is 2.23. The van der Waals surface area contributed by atoms with Gasteiger partial charge in [0, 0.05) is 29.6 Å². The molecule has 0 atom stereocenters. The average molecular weight is 256 g/mol. The SMILES string of the molecule is CCc1cc(NC(=O)c2ccc3c(c2)NCC3)n[nH]1. The number of nitrogens with one attached hydrogen (secondary N) is 3. The van der Waals surface area contributed by atoms with Crippen LogP contribution in [0.2, 0.25) is 0 Å². The third kappa shape index (κ3) is 2.31. The summed E-state index contributed by atoms with van der Waals surface area (Å²) in [6.07, 6.45) is 1.89. The lowest BCUT2D eigenvalue weighted by Gasteiger charge is -2.04. The first-order valence-corrected chi connectivity index (χ1v) is 6.48. The molecule has 0 fully saturated rings. The summed E-state index contributed by atoms with van der Waals surface area (Å²) in [7, 11) is 0. The van der Waals surface area contributed by atoms with Crippen molar-refractivity contribution in [2.24, 2.45) is 0 Å². The summed E-state index contributed by atoms with van der Waals surface area (Å²) >= 11 is 0. The number of amides is 1. The lowest BCUT2D eigenvalue weighted by Crippen LogP contribution is -2.12. The topological polar surface area (TPSA) is 69.8 Å². The normalized spacial score (nSPS) is 12.9. The summed E-state index contributed by atoms with van der Waals surface area (Å²) in [5, 5.41) is 13.0. The molecule has 3 N–H and O–H groups in total. The molecule has 0 radical (unpaired) electrons. The smallest absolute Gasteiger partial charge is 0.256 e. The molecule has 1 aliphatic rings. The molecule has 5 nitrogen and oxygen atoms in total. The summed E-state index contributed by atoms with van der Waals surface area (Å²) in [6.45, 7) is 2.98. The van der Waals surface area contributed by atoms with E-state index in [9.17, 15) is 4.79 Å². The van der Waals surface area contributed by atoms with Crippen molar-refractivity contribution < 1.29 is 4.79 Å². The summed E-state index contributed by atoms with van der Waals surface area (Å²) in [5.41, 5.74) is 3.98. The highest BCUT2D eigenvalue weighted by molar-refractivity contribution is 6.04. The quantitative estimate of drug-likeness (QED) is 0.788. The van der Waals surface area contributed by atoms with Crippen LogP contribution >= 0.6 is 0 Å². The molecule has 0 saturated carbocycles. The zero-order valence-electron chi connectivity index (χ0n) is 10.8. The zero-order valence-corrected chi connectivity index (χ0v) is 10.8. The fraction of sp³-hybridized carbons (Fsp3) is 0.286. The fourth-order valence-electron chi connectivity index (χ4n) is 2.23.